The van der Waals surface area contributed by atoms with Gasteiger partial charge in [0.2, 0.25) is 0 Å². The molecule has 0 radical (unpaired) electrons. The molecule has 2 aromatic carbocycles. The second kappa shape index (κ2) is 8.53. The van der Waals surface area contributed by atoms with Crippen molar-refractivity contribution in [3.63, 3.8) is 0 Å². The first kappa shape index (κ1) is 17.3. The number of carbonyl (C=O) groups is 1. The molecule has 1 heterocycles. The normalized spacial score (nSPS) is 16.9. The SMILES string of the molecule is CCOc1ccccc1Oc1ccccc1C(=O)NC1CCCNC1. The van der Waals surface area contributed by atoms with Gasteiger partial charge >= 0.3 is 0 Å². The summed E-state index contributed by atoms with van der Waals surface area (Å²) >= 11 is 0. The van der Waals surface area contributed by atoms with Gasteiger partial charge in [-0.1, -0.05) is 24.3 Å². The number of carbonyl (C=O) groups excluding carboxylic acids is 1. The number of para-hydroxylation sites is 3. The first-order valence-electron chi connectivity index (χ1n) is 8.78. The Morgan fingerprint density at radius 3 is 2.56 bits per heavy atom. The number of rotatable bonds is 6. The third-order valence-electron chi connectivity index (χ3n) is 4.13. The quantitative estimate of drug-likeness (QED) is 0.846. The largest absolute Gasteiger partial charge is 0.490 e. The molecular formula is C20H24N2O3. The van der Waals surface area contributed by atoms with Gasteiger partial charge in [-0.05, 0) is 50.6 Å². The molecule has 5 heteroatoms. The zero-order valence-corrected chi connectivity index (χ0v) is 14.5. The van der Waals surface area contributed by atoms with E-state index in [1.54, 1.807) is 12.1 Å². The first-order valence-corrected chi connectivity index (χ1v) is 8.78. The van der Waals surface area contributed by atoms with Crippen LogP contribution in [0.1, 0.15) is 30.1 Å². The number of amides is 1. The Kier molecular flexibility index (Phi) is 5.90. The van der Waals surface area contributed by atoms with Crippen molar-refractivity contribution in [3.05, 3.63) is 54.1 Å². The molecule has 2 aromatic rings. The van der Waals surface area contributed by atoms with Crippen LogP contribution in [0.3, 0.4) is 0 Å². The van der Waals surface area contributed by atoms with Crippen molar-refractivity contribution in [2.45, 2.75) is 25.8 Å². The molecule has 3 rings (SSSR count). The summed E-state index contributed by atoms with van der Waals surface area (Å²) in [5, 5.41) is 6.39. The summed E-state index contributed by atoms with van der Waals surface area (Å²) in [6, 6.07) is 14.9. The fraction of sp³-hybridized carbons (Fsp3) is 0.350. The third-order valence-corrected chi connectivity index (χ3v) is 4.13. The molecule has 1 amide bonds. The first-order chi connectivity index (χ1) is 12.3. The number of hydrogen-bond acceptors (Lipinski definition) is 4. The van der Waals surface area contributed by atoms with Crippen LogP contribution < -0.4 is 20.1 Å². The van der Waals surface area contributed by atoms with Crippen molar-refractivity contribution in [2.24, 2.45) is 0 Å². The van der Waals surface area contributed by atoms with E-state index in [1.165, 1.54) is 0 Å². The zero-order chi connectivity index (χ0) is 17.5. The van der Waals surface area contributed by atoms with Crippen molar-refractivity contribution >= 4 is 5.91 Å². The van der Waals surface area contributed by atoms with Crippen molar-refractivity contribution in [2.75, 3.05) is 19.7 Å². The number of piperidine rings is 1. The molecule has 1 atom stereocenters. The Hall–Kier alpha value is -2.53. The summed E-state index contributed by atoms with van der Waals surface area (Å²) in [5.41, 5.74) is 0.527. The molecule has 1 unspecified atom stereocenters. The van der Waals surface area contributed by atoms with Gasteiger partial charge in [0.15, 0.2) is 11.5 Å². The van der Waals surface area contributed by atoms with Crippen LogP contribution >= 0.6 is 0 Å². The fourth-order valence-electron chi connectivity index (χ4n) is 2.91. The molecule has 0 saturated carbocycles. The predicted molar refractivity (Wildman–Crippen MR) is 97.5 cm³/mol. The molecular weight excluding hydrogens is 316 g/mol. The highest BCUT2D eigenvalue weighted by Crippen LogP contribution is 2.33. The van der Waals surface area contributed by atoms with Crippen LogP contribution in [-0.4, -0.2) is 31.6 Å². The number of benzene rings is 2. The van der Waals surface area contributed by atoms with Gasteiger partial charge in [0, 0.05) is 12.6 Å². The molecule has 2 N–H and O–H groups in total. The Bertz CT molecular complexity index is 712. The summed E-state index contributed by atoms with van der Waals surface area (Å²) < 4.78 is 11.6. The Balaban J connectivity index is 1.78. The van der Waals surface area contributed by atoms with E-state index in [2.05, 4.69) is 10.6 Å². The van der Waals surface area contributed by atoms with E-state index in [0.29, 0.717) is 29.4 Å². The molecule has 0 bridgehead atoms. The Morgan fingerprint density at radius 2 is 1.84 bits per heavy atom. The standard InChI is InChI=1S/C20H24N2O3/c1-2-24-18-11-5-6-12-19(18)25-17-10-4-3-9-16(17)20(23)22-15-8-7-13-21-14-15/h3-6,9-12,15,21H,2,7-8,13-14H2,1H3,(H,22,23). The molecule has 5 nitrogen and oxygen atoms in total. The predicted octanol–water partition coefficient (Wildman–Crippen LogP) is 3.36. The minimum absolute atomic E-state index is 0.113. The maximum Gasteiger partial charge on any atom is 0.255 e. The van der Waals surface area contributed by atoms with E-state index in [-0.39, 0.29) is 11.9 Å². The lowest BCUT2D eigenvalue weighted by Gasteiger charge is -2.24. The zero-order valence-electron chi connectivity index (χ0n) is 14.5. The van der Waals surface area contributed by atoms with Crippen molar-refractivity contribution in [3.8, 4) is 17.2 Å². The maximum atomic E-state index is 12.7. The van der Waals surface area contributed by atoms with Gasteiger partial charge in [0.25, 0.3) is 5.91 Å². The summed E-state index contributed by atoms with van der Waals surface area (Å²) in [6.07, 6.45) is 2.07. The Morgan fingerprint density at radius 1 is 1.12 bits per heavy atom. The van der Waals surface area contributed by atoms with E-state index in [0.717, 1.165) is 25.9 Å². The van der Waals surface area contributed by atoms with E-state index >= 15 is 0 Å². The number of hydrogen-bond donors (Lipinski definition) is 2. The van der Waals surface area contributed by atoms with Crippen molar-refractivity contribution in [1.29, 1.82) is 0 Å². The van der Waals surface area contributed by atoms with Gasteiger partial charge in [-0.2, -0.15) is 0 Å². The molecule has 0 aliphatic carbocycles. The topological polar surface area (TPSA) is 59.6 Å². The van der Waals surface area contributed by atoms with E-state index in [4.69, 9.17) is 9.47 Å². The average molecular weight is 340 g/mol. The lowest BCUT2D eigenvalue weighted by atomic mass is 10.1. The summed E-state index contributed by atoms with van der Waals surface area (Å²) in [7, 11) is 0. The number of ether oxygens (including phenoxy) is 2. The van der Waals surface area contributed by atoms with Gasteiger partial charge < -0.3 is 20.1 Å². The second-order valence-corrected chi connectivity index (χ2v) is 5.99. The lowest BCUT2D eigenvalue weighted by molar-refractivity contribution is 0.0928. The van der Waals surface area contributed by atoms with Crippen LogP contribution in [0.4, 0.5) is 0 Å². The van der Waals surface area contributed by atoms with Crippen LogP contribution in [0.15, 0.2) is 48.5 Å². The number of nitrogens with one attached hydrogen (secondary N) is 2. The Labute approximate surface area is 148 Å². The smallest absolute Gasteiger partial charge is 0.255 e. The molecule has 1 aliphatic heterocycles. The van der Waals surface area contributed by atoms with Crippen LogP contribution in [-0.2, 0) is 0 Å². The van der Waals surface area contributed by atoms with Gasteiger partial charge in [0.1, 0.15) is 5.75 Å². The fourth-order valence-corrected chi connectivity index (χ4v) is 2.91. The molecule has 0 aromatic heterocycles. The van der Waals surface area contributed by atoms with Crippen LogP contribution in [0.5, 0.6) is 17.2 Å². The minimum atomic E-state index is -0.113. The van der Waals surface area contributed by atoms with Crippen LogP contribution in [0.25, 0.3) is 0 Å². The van der Waals surface area contributed by atoms with Crippen LogP contribution in [0, 0.1) is 0 Å². The molecule has 1 saturated heterocycles. The highest BCUT2D eigenvalue weighted by molar-refractivity contribution is 5.97. The molecule has 1 fully saturated rings. The highest BCUT2D eigenvalue weighted by atomic mass is 16.5. The van der Waals surface area contributed by atoms with E-state index < -0.39 is 0 Å². The van der Waals surface area contributed by atoms with E-state index in [9.17, 15) is 4.79 Å². The summed E-state index contributed by atoms with van der Waals surface area (Å²) in [6.45, 7) is 4.30. The van der Waals surface area contributed by atoms with Gasteiger partial charge in [-0.25, -0.2) is 0 Å². The molecule has 0 spiro atoms. The van der Waals surface area contributed by atoms with Crippen molar-refractivity contribution in [1.82, 2.24) is 10.6 Å². The van der Waals surface area contributed by atoms with Crippen LogP contribution in [0.2, 0.25) is 0 Å². The monoisotopic (exact) mass is 340 g/mol. The minimum Gasteiger partial charge on any atom is -0.490 e. The second-order valence-electron chi connectivity index (χ2n) is 5.99. The average Bonchev–Trinajstić information content (AvgIpc) is 2.65. The molecule has 132 valence electrons. The van der Waals surface area contributed by atoms with Gasteiger partial charge in [0.05, 0.1) is 12.2 Å². The van der Waals surface area contributed by atoms with Gasteiger partial charge in [-0.15, -0.1) is 0 Å². The van der Waals surface area contributed by atoms with Gasteiger partial charge in [-0.3, -0.25) is 4.79 Å². The van der Waals surface area contributed by atoms with E-state index in [1.807, 2.05) is 43.3 Å². The molecule has 1 aliphatic rings. The lowest BCUT2D eigenvalue weighted by Crippen LogP contribution is -2.45. The summed E-state index contributed by atoms with van der Waals surface area (Å²) in [4.78, 5) is 12.7. The highest BCUT2D eigenvalue weighted by Gasteiger charge is 2.19. The maximum absolute atomic E-state index is 12.7. The third kappa shape index (κ3) is 4.51. The molecule has 25 heavy (non-hydrogen) atoms. The summed E-state index contributed by atoms with van der Waals surface area (Å²) in [5.74, 6) is 1.68. The van der Waals surface area contributed by atoms with Crippen molar-refractivity contribution < 1.29 is 14.3 Å².